The van der Waals surface area contributed by atoms with Crippen LogP contribution in [0.5, 0.6) is 0 Å². The standard InChI is InChI=1S/C15H25N3O7/c1-5-6-7-22-14-12(17-18-16)15(21-4)25-11(8-23-9(2)19)13(14)24-10(3)20/h11-15H,5-8H2,1-4H3/t11?,12?,13-,14-,15+/m1/s1. The van der Waals surface area contributed by atoms with Crippen LogP contribution in [0.15, 0.2) is 5.11 Å². The minimum absolute atomic E-state index is 0.149. The van der Waals surface area contributed by atoms with Crippen LogP contribution in [0.2, 0.25) is 0 Å². The maximum absolute atomic E-state index is 11.5. The second-order valence-corrected chi connectivity index (χ2v) is 5.54. The van der Waals surface area contributed by atoms with Crippen molar-refractivity contribution in [1.29, 1.82) is 0 Å². The first-order valence-electron chi connectivity index (χ1n) is 8.09. The molecule has 5 atom stereocenters. The molecule has 1 aliphatic heterocycles. The maximum Gasteiger partial charge on any atom is 0.303 e. The van der Waals surface area contributed by atoms with Crippen LogP contribution < -0.4 is 0 Å². The molecule has 0 aliphatic carbocycles. The second-order valence-electron chi connectivity index (χ2n) is 5.54. The van der Waals surface area contributed by atoms with Crippen LogP contribution in [-0.4, -0.2) is 62.9 Å². The summed E-state index contributed by atoms with van der Waals surface area (Å²) in [5.41, 5.74) is 8.85. The third-order valence-electron chi connectivity index (χ3n) is 3.59. The molecule has 142 valence electrons. The molecule has 1 aliphatic rings. The predicted molar refractivity (Wildman–Crippen MR) is 85.4 cm³/mol. The molecule has 25 heavy (non-hydrogen) atoms. The van der Waals surface area contributed by atoms with E-state index in [4.69, 9.17) is 29.2 Å². The molecule has 0 aromatic rings. The summed E-state index contributed by atoms with van der Waals surface area (Å²) >= 11 is 0. The van der Waals surface area contributed by atoms with E-state index in [-0.39, 0.29) is 6.61 Å². The number of hydrogen-bond donors (Lipinski definition) is 0. The molecule has 1 saturated heterocycles. The quantitative estimate of drug-likeness (QED) is 0.201. The molecule has 0 aromatic heterocycles. The van der Waals surface area contributed by atoms with Gasteiger partial charge in [0, 0.05) is 32.5 Å². The second kappa shape index (κ2) is 10.9. The van der Waals surface area contributed by atoms with Crippen molar-refractivity contribution in [2.45, 2.75) is 64.3 Å². The van der Waals surface area contributed by atoms with E-state index in [0.717, 1.165) is 12.8 Å². The summed E-state index contributed by atoms with van der Waals surface area (Å²) in [5.74, 6) is -1.05. The van der Waals surface area contributed by atoms with Gasteiger partial charge >= 0.3 is 11.9 Å². The number of esters is 2. The summed E-state index contributed by atoms with van der Waals surface area (Å²) in [6.45, 7) is 4.74. The van der Waals surface area contributed by atoms with Gasteiger partial charge in [-0.15, -0.1) is 0 Å². The SMILES string of the molecule is CCCCO[C@@H]1C(N=[N+]=[N-])[C@@H](OC)OC(COC(C)=O)[C@H]1OC(C)=O. The first-order valence-corrected chi connectivity index (χ1v) is 8.09. The molecule has 1 rings (SSSR count). The largest absolute Gasteiger partial charge is 0.463 e. The number of ether oxygens (including phenoxy) is 5. The Morgan fingerprint density at radius 3 is 2.48 bits per heavy atom. The van der Waals surface area contributed by atoms with Crippen LogP contribution in [0.25, 0.3) is 10.4 Å². The van der Waals surface area contributed by atoms with Crippen molar-refractivity contribution in [2.24, 2.45) is 5.11 Å². The van der Waals surface area contributed by atoms with E-state index >= 15 is 0 Å². The summed E-state index contributed by atoms with van der Waals surface area (Å²) in [6.07, 6.45) is -1.75. The lowest BCUT2D eigenvalue weighted by Crippen LogP contribution is -2.60. The van der Waals surface area contributed by atoms with Gasteiger partial charge in [0.15, 0.2) is 12.4 Å². The van der Waals surface area contributed by atoms with E-state index in [1.807, 2.05) is 6.92 Å². The molecule has 0 saturated carbocycles. The highest BCUT2D eigenvalue weighted by Gasteiger charge is 2.49. The van der Waals surface area contributed by atoms with Crippen LogP contribution in [0.4, 0.5) is 0 Å². The van der Waals surface area contributed by atoms with Crippen LogP contribution >= 0.6 is 0 Å². The van der Waals surface area contributed by atoms with Crippen molar-refractivity contribution in [1.82, 2.24) is 0 Å². The van der Waals surface area contributed by atoms with Gasteiger partial charge in [-0.3, -0.25) is 9.59 Å². The van der Waals surface area contributed by atoms with E-state index in [0.29, 0.717) is 6.61 Å². The lowest BCUT2D eigenvalue weighted by atomic mass is 9.97. The van der Waals surface area contributed by atoms with Crippen LogP contribution in [0, 0.1) is 0 Å². The van der Waals surface area contributed by atoms with Gasteiger partial charge in [-0.05, 0) is 12.0 Å². The van der Waals surface area contributed by atoms with Crippen molar-refractivity contribution >= 4 is 11.9 Å². The average Bonchev–Trinajstić information content (AvgIpc) is 2.56. The first-order chi connectivity index (χ1) is 11.9. The molecule has 0 N–H and O–H groups in total. The van der Waals surface area contributed by atoms with Gasteiger partial charge in [0.2, 0.25) is 0 Å². The molecular formula is C15H25N3O7. The van der Waals surface area contributed by atoms with Crippen molar-refractivity contribution in [2.75, 3.05) is 20.3 Å². The topological polar surface area (TPSA) is 129 Å². The number of nitrogens with zero attached hydrogens (tertiary/aromatic N) is 3. The average molecular weight is 359 g/mol. The van der Waals surface area contributed by atoms with Gasteiger partial charge in [0.05, 0.1) is 0 Å². The zero-order valence-electron chi connectivity index (χ0n) is 14.9. The number of azide groups is 1. The number of methoxy groups -OCH3 is 1. The van der Waals surface area contributed by atoms with E-state index in [9.17, 15) is 9.59 Å². The van der Waals surface area contributed by atoms with Gasteiger partial charge in [-0.2, -0.15) is 0 Å². The van der Waals surface area contributed by atoms with Gasteiger partial charge < -0.3 is 23.7 Å². The molecule has 10 heteroatoms. The lowest BCUT2D eigenvalue weighted by molar-refractivity contribution is -0.270. The Morgan fingerprint density at radius 2 is 1.96 bits per heavy atom. The van der Waals surface area contributed by atoms with Crippen LogP contribution in [-0.2, 0) is 33.3 Å². The Hall–Kier alpha value is -1.87. The predicted octanol–water partition coefficient (Wildman–Crippen LogP) is 1.72. The Morgan fingerprint density at radius 1 is 1.24 bits per heavy atom. The minimum Gasteiger partial charge on any atom is -0.463 e. The molecule has 0 aromatic carbocycles. The molecule has 1 fully saturated rings. The highest BCUT2D eigenvalue weighted by Crippen LogP contribution is 2.29. The monoisotopic (exact) mass is 359 g/mol. The zero-order valence-corrected chi connectivity index (χ0v) is 14.9. The van der Waals surface area contributed by atoms with Crippen molar-refractivity contribution in [3.63, 3.8) is 0 Å². The van der Waals surface area contributed by atoms with Gasteiger partial charge in [0.1, 0.15) is 24.9 Å². The Bertz CT molecular complexity index is 496. The fourth-order valence-electron chi connectivity index (χ4n) is 2.49. The Kier molecular flexibility index (Phi) is 9.22. The normalized spacial score (nSPS) is 28.7. The third-order valence-corrected chi connectivity index (χ3v) is 3.59. The first kappa shape index (κ1) is 21.2. The summed E-state index contributed by atoms with van der Waals surface area (Å²) in [7, 11) is 1.39. The number of carbonyl (C=O) groups excluding carboxylic acids is 2. The Balaban J connectivity index is 3.09. The van der Waals surface area contributed by atoms with Crippen LogP contribution in [0.1, 0.15) is 33.6 Å². The molecule has 0 radical (unpaired) electrons. The summed E-state index contributed by atoms with van der Waals surface area (Å²) in [5, 5.41) is 3.69. The van der Waals surface area contributed by atoms with Crippen molar-refractivity contribution in [3.8, 4) is 0 Å². The molecule has 2 unspecified atom stereocenters. The van der Waals surface area contributed by atoms with Gasteiger partial charge in [-0.1, -0.05) is 18.5 Å². The van der Waals surface area contributed by atoms with E-state index < -0.39 is 42.6 Å². The smallest absolute Gasteiger partial charge is 0.303 e. The van der Waals surface area contributed by atoms with Crippen molar-refractivity contribution in [3.05, 3.63) is 10.4 Å². The number of rotatable bonds is 9. The lowest BCUT2D eigenvalue weighted by Gasteiger charge is -2.43. The highest BCUT2D eigenvalue weighted by molar-refractivity contribution is 5.66. The summed E-state index contributed by atoms with van der Waals surface area (Å²) < 4.78 is 27.1. The fourth-order valence-corrected chi connectivity index (χ4v) is 2.49. The highest BCUT2D eigenvalue weighted by atomic mass is 16.7. The number of hydrogen-bond acceptors (Lipinski definition) is 8. The van der Waals surface area contributed by atoms with E-state index in [1.165, 1.54) is 21.0 Å². The van der Waals surface area contributed by atoms with Crippen LogP contribution in [0.3, 0.4) is 0 Å². The number of carbonyl (C=O) groups is 2. The third kappa shape index (κ3) is 6.50. The molecule has 0 amide bonds. The minimum atomic E-state index is -0.921. The fraction of sp³-hybridized carbons (Fsp3) is 0.867. The van der Waals surface area contributed by atoms with Gasteiger partial charge in [-0.25, -0.2) is 0 Å². The molecular weight excluding hydrogens is 334 g/mol. The molecule has 1 heterocycles. The zero-order chi connectivity index (χ0) is 18.8. The molecule has 0 bridgehead atoms. The number of unbranched alkanes of at least 4 members (excludes halogenated alkanes) is 1. The van der Waals surface area contributed by atoms with E-state index in [2.05, 4.69) is 10.0 Å². The van der Waals surface area contributed by atoms with E-state index in [1.54, 1.807) is 0 Å². The van der Waals surface area contributed by atoms with Crippen molar-refractivity contribution < 1.29 is 33.3 Å². The van der Waals surface area contributed by atoms with Gasteiger partial charge in [0.25, 0.3) is 0 Å². The maximum atomic E-state index is 11.5. The Labute approximate surface area is 146 Å². The summed E-state index contributed by atoms with van der Waals surface area (Å²) in [6, 6.07) is -0.857. The molecule has 0 spiro atoms. The summed E-state index contributed by atoms with van der Waals surface area (Å²) in [4.78, 5) is 25.4. The molecule has 10 nitrogen and oxygen atoms in total.